The lowest BCUT2D eigenvalue weighted by molar-refractivity contribution is -0.0828. The second-order valence-electron chi connectivity index (χ2n) is 9.24. The van der Waals surface area contributed by atoms with Gasteiger partial charge in [-0.1, -0.05) is 0 Å². The van der Waals surface area contributed by atoms with Crippen molar-refractivity contribution in [1.29, 1.82) is 0 Å². The number of alkyl halides is 2. The normalized spacial score (nSPS) is 33.6. The van der Waals surface area contributed by atoms with Crippen LogP contribution in [0.4, 0.5) is 20.5 Å². The Balaban J connectivity index is 1.45. The van der Waals surface area contributed by atoms with E-state index < -0.39 is 12.2 Å². The van der Waals surface area contributed by atoms with E-state index in [0.717, 1.165) is 38.3 Å². The van der Waals surface area contributed by atoms with Crippen LogP contribution < -0.4 is 9.80 Å². The minimum Gasteiger partial charge on any atom is -0.368 e. The first-order chi connectivity index (χ1) is 13.9. The summed E-state index contributed by atoms with van der Waals surface area (Å²) in [7, 11) is 1.52. The van der Waals surface area contributed by atoms with E-state index in [9.17, 15) is 13.9 Å². The molecule has 0 bridgehead atoms. The smallest absolute Gasteiger partial charge is 0.290 e. The average Bonchev–Trinajstić information content (AvgIpc) is 3.16. The number of aliphatic hydroxyl groups excluding tert-OH is 1. The van der Waals surface area contributed by atoms with Gasteiger partial charge >= 0.3 is 0 Å². The molecule has 0 spiro atoms. The highest BCUT2D eigenvalue weighted by molar-refractivity contribution is 5.57. The maximum atomic E-state index is 14.9. The highest BCUT2D eigenvalue weighted by Crippen LogP contribution is 2.55. The van der Waals surface area contributed by atoms with Crippen molar-refractivity contribution in [2.24, 2.45) is 17.8 Å². The molecule has 29 heavy (non-hydrogen) atoms. The van der Waals surface area contributed by atoms with Crippen molar-refractivity contribution in [3.8, 4) is 0 Å². The third kappa shape index (κ3) is 3.28. The maximum absolute atomic E-state index is 14.9. The second kappa shape index (κ2) is 7.01. The van der Waals surface area contributed by atoms with E-state index in [-0.39, 0.29) is 12.1 Å². The molecule has 1 N–H and O–H groups in total. The monoisotopic (exact) mass is 408 g/mol. The number of hydrogen-bond donors (Lipinski definition) is 1. The summed E-state index contributed by atoms with van der Waals surface area (Å²) in [5.41, 5.74) is 0.611. The van der Waals surface area contributed by atoms with Crippen LogP contribution in [0.1, 0.15) is 50.3 Å². The second-order valence-corrected chi connectivity index (χ2v) is 9.24. The van der Waals surface area contributed by atoms with Crippen LogP contribution >= 0.6 is 0 Å². The minimum atomic E-state index is -2.89. The standard InChI is InChI=1S/C21H30F2N4O2/c1-12-6-8-27(12)20-24-18-13(5-3-4-7-21(18,22)23)19(25-20)26-10-15-14(16(15)11-26)9-17(28)29-2/h12,14-17,28H,3-11H2,1-2H3/t12-,14-,15-,16+,17?/m0/s1. The van der Waals surface area contributed by atoms with E-state index in [2.05, 4.69) is 16.8 Å². The molecule has 2 aliphatic carbocycles. The highest BCUT2D eigenvalue weighted by Gasteiger charge is 2.56. The molecule has 2 aliphatic heterocycles. The Morgan fingerprint density at radius 2 is 2.00 bits per heavy atom. The van der Waals surface area contributed by atoms with Crippen molar-refractivity contribution in [3.05, 3.63) is 11.3 Å². The summed E-state index contributed by atoms with van der Waals surface area (Å²) >= 11 is 0. The van der Waals surface area contributed by atoms with E-state index in [0.29, 0.717) is 54.6 Å². The number of methoxy groups -OCH3 is 1. The molecule has 5 atom stereocenters. The predicted molar refractivity (Wildman–Crippen MR) is 105 cm³/mol. The summed E-state index contributed by atoms with van der Waals surface area (Å²) in [6.07, 6.45) is 2.73. The lowest BCUT2D eigenvalue weighted by atomic mass is 10.0. The Labute approximate surface area is 170 Å². The molecule has 3 fully saturated rings. The lowest BCUT2D eigenvalue weighted by Crippen LogP contribution is -2.47. The van der Waals surface area contributed by atoms with Gasteiger partial charge in [-0.2, -0.15) is 13.8 Å². The van der Waals surface area contributed by atoms with Gasteiger partial charge in [-0.3, -0.25) is 0 Å². The van der Waals surface area contributed by atoms with Gasteiger partial charge in [0, 0.05) is 51.2 Å². The summed E-state index contributed by atoms with van der Waals surface area (Å²) in [5, 5.41) is 9.76. The van der Waals surface area contributed by atoms with Gasteiger partial charge in [-0.05, 0) is 50.4 Å². The molecular formula is C21H30F2N4O2. The van der Waals surface area contributed by atoms with Crippen molar-refractivity contribution in [3.63, 3.8) is 0 Å². The van der Waals surface area contributed by atoms with Gasteiger partial charge in [0.2, 0.25) is 5.95 Å². The van der Waals surface area contributed by atoms with E-state index in [1.807, 2.05) is 4.90 Å². The molecule has 1 aromatic heterocycles. The third-order valence-electron chi connectivity index (χ3n) is 7.48. The van der Waals surface area contributed by atoms with E-state index in [1.165, 1.54) is 7.11 Å². The number of fused-ring (bicyclic) bond motifs is 2. The van der Waals surface area contributed by atoms with Crippen molar-refractivity contribution < 1.29 is 18.6 Å². The van der Waals surface area contributed by atoms with E-state index >= 15 is 0 Å². The van der Waals surface area contributed by atoms with Crippen LogP contribution in [-0.4, -0.2) is 54.2 Å². The quantitative estimate of drug-likeness (QED) is 0.597. The fraction of sp³-hybridized carbons (Fsp3) is 0.810. The fourth-order valence-electron chi connectivity index (χ4n) is 5.47. The SMILES string of the molecule is COC(O)C[C@@H]1[C@H]2CN(c3nc(N4CC[C@@H]4C)nc4c3CCCCC4(F)F)C[C@@H]12. The minimum absolute atomic E-state index is 0.0407. The van der Waals surface area contributed by atoms with Crippen LogP contribution in [0.2, 0.25) is 0 Å². The number of rotatable bonds is 5. The number of anilines is 2. The molecule has 6 nitrogen and oxygen atoms in total. The summed E-state index contributed by atoms with van der Waals surface area (Å²) in [5.74, 6) is -0.265. The molecule has 0 amide bonds. The number of halogens is 2. The zero-order valence-corrected chi connectivity index (χ0v) is 17.2. The van der Waals surface area contributed by atoms with Gasteiger partial charge in [-0.15, -0.1) is 0 Å². The molecule has 2 saturated heterocycles. The number of ether oxygens (including phenoxy) is 1. The summed E-state index contributed by atoms with van der Waals surface area (Å²) in [6, 6.07) is 0.298. The number of hydrogen-bond acceptors (Lipinski definition) is 6. The van der Waals surface area contributed by atoms with Gasteiger partial charge in [0.1, 0.15) is 11.5 Å². The molecule has 0 aromatic carbocycles. The van der Waals surface area contributed by atoms with Crippen LogP contribution in [0.25, 0.3) is 0 Å². The van der Waals surface area contributed by atoms with Crippen LogP contribution in [0, 0.1) is 17.8 Å². The fourth-order valence-corrected chi connectivity index (χ4v) is 5.47. The van der Waals surface area contributed by atoms with E-state index in [1.54, 1.807) is 0 Å². The molecule has 1 saturated carbocycles. The molecule has 0 radical (unpaired) electrons. The largest absolute Gasteiger partial charge is 0.368 e. The molecule has 4 aliphatic rings. The van der Waals surface area contributed by atoms with Crippen molar-refractivity contribution in [2.75, 3.05) is 36.5 Å². The average molecular weight is 408 g/mol. The first-order valence-electron chi connectivity index (χ1n) is 10.9. The Hall–Kier alpha value is -1.54. The molecule has 8 heteroatoms. The van der Waals surface area contributed by atoms with Gasteiger partial charge in [-0.25, -0.2) is 4.98 Å². The summed E-state index contributed by atoms with van der Waals surface area (Å²) in [6.45, 7) is 4.55. The molecular weight excluding hydrogens is 378 g/mol. The Morgan fingerprint density at radius 3 is 2.62 bits per heavy atom. The third-order valence-corrected chi connectivity index (χ3v) is 7.48. The molecule has 160 valence electrons. The van der Waals surface area contributed by atoms with Crippen LogP contribution in [0.3, 0.4) is 0 Å². The first kappa shape index (κ1) is 19.4. The number of piperidine rings is 1. The van der Waals surface area contributed by atoms with Gasteiger partial charge in [0.15, 0.2) is 6.29 Å². The van der Waals surface area contributed by atoms with Gasteiger partial charge in [0.25, 0.3) is 5.92 Å². The molecule has 3 heterocycles. The maximum Gasteiger partial charge on any atom is 0.290 e. The van der Waals surface area contributed by atoms with Gasteiger partial charge < -0.3 is 19.6 Å². The van der Waals surface area contributed by atoms with Crippen molar-refractivity contribution in [2.45, 2.75) is 63.7 Å². The number of nitrogens with zero attached hydrogens (tertiary/aromatic N) is 4. The molecule has 1 aromatic rings. The topological polar surface area (TPSA) is 61.7 Å². The first-order valence-corrected chi connectivity index (χ1v) is 10.9. The Morgan fingerprint density at radius 1 is 1.24 bits per heavy atom. The summed E-state index contributed by atoms with van der Waals surface area (Å²) in [4.78, 5) is 13.5. The zero-order chi connectivity index (χ0) is 20.3. The van der Waals surface area contributed by atoms with Crippen LogP contribution in [0.15, 0.2) is 0 Å². The highest BCUT2D eigenvalue weighted by atomic mass is 19.3. The van der Waals surface area contributed by atoms with Crippen LogP contribution in [-0.2, 0) is 17.1 Å². The van der Waals surface area contributed by atoms with Crippen LogP contribution in [0.5, 0.6) is 0 Å². The van der Waals surface area contributed by atoms with Gasteiger partial charge in [0.05, 0.1) is 0 Å². The van der Waals surface area contributed by atoms with E-state index in [4.69, 9.17) is 9.72 Å². The Bertz CT molecular complexity index is 780. The predicted octanol–water partition coefficient (Wildman–Crippen LogP) is 2.93. The van der Waals surface area contributed by atoms with Crippen molar-refractivity contribution >= 4 is 11.8 Å². The zero-order valence-electron chi connectivity index (χ0n) is 17.2. The molecule has 1 unspecified atom stereocenters. The van der Waals surface area contributed by atoms with Crippen molar-refractivity contribution in [1.82, 2.24) is 9.97 Å². The number of aromatic nitrogens is 2. The Kier molecular flexibility index (Phi) is 4.70. The number of aliphatic hydroxyl groups is 1. The summed E-state index contributed by atoms with van der Waals surface area (Å²) < 4.78 is 34.9. The molecule has 5 rings (SSSR count). The lowest BCUT2D eigenvalue weighted by Gasteiger charge is -2.39.